The highest BCUT2D eigenvalue weighted by Gasteiger charge is 2.30. The highest BCUT2D eigenvalue weighted by atomic mass is 19.2. The summed E-state index contributed by atoms with van der Waals surface area (Å²) in [6.07, 6.45) is 0.0701. The minimum Gasteiger partial charge on any atom is -0.376 e. The number of anilines is 1. The molecule has 0 bridgehead atoms. The zero-order valence-electron chi connectivity index (χ0n) is 9.37. The van der Waals surface area contributed by atoms with Gasteiger partial charge in [0.2, 0.25) is 5.82 Å². The zero-order chi connectivity index (χ0) is 13.4. The van der Waals surface area contributed by atoms with Gasteiger partial charge in [0, 0.05) is 6.61 Å². The average Bonchev–Trinajstić information content (AvgIpc) is 2.75. The minimum absolute atomic E-state index is 0.361. The Morgan fingerprint density at radius 3 is 1.89 bits per heavy atom. The number of hydrogen-bond acceptors (Lipinski definition) is 2. The Hall–Kier alpha value is -1.37. The summed E-state index contributed by atoms with van der Waals surface area (Å²) < 4.78 is 70.5. The van der Waals surface area contributed by atoms with Gasteiger partial charge in [-0.25, -0.2) is 22.0 Å². The van der Waals surface area contributed by atoms with Gasteiger partial charge in [-0.15, -0.1) is 0 Å². The van der Waals surface area contributed by atoms with Crippen LogP contribution in [0.25, 0.3) is 0 Å². The van der Waals surface area contributed by atoms with E-state index >= 15 is 0 Å². The Morgan fingerprint density at radius 1 is 0.944 bits per heavy atom. The third-order valence-corrected chi connectivity index (χ3v) is 2.92. The minimum atomic E-state index is -2.16. The summed E-state index contributed by atoms with van der Waals surface area (Å²) in [5.74, 6) is -9.78. The number of ether oxygens (including phenoxy) is 1. The van der Waals surface area contributed by atoms with Crippen LogP contribution in [0.15, 0.2) is 0 Å². The molecule has 0 aromatic heterocycles. The molecule has 1 aliphatic rings. The number of nitrogens with one attached hydrogen (secondary N) is 1. The predicted molar refractivity (Wildman–Crippen MR) is 53.7 cm³/mol. The van der Waals surface area contributed by atoms with Gasteiger partial charge in [0.25, 0.3) is 0 Å². The lowest BCUT2D eigenvalue weighted by atomic mass is 10.1. The van der Waals surface area contributed by atoms with Gasteiger partial charge in [-0.1, -0.05) is 0 Å². The van der Waals surface area contributed by atoms with Crippen molar-refractivity contribution in [2.75, 3.05) is 11.9 Å². The fourth-order valence-corrected chi connectivity index (χ4v) is 1.84. The van der Waals surface area contributed by atoms with E-state index in [0.29, 0.717) is 13.0 Å². The summed E-state index contributed by atoms with van der Waals surface area (Å²) in [5, 5.41) is 2.31. The van der Waals surface area contributed by atoms with Crippen molar-refractivity contribution in [2.45, 2.75) is 25.5 Å². The maximum Gasteiger partial charge on any atom is 0.200 e. The Labute approximate surface area is 99.7 Å². The number of hydrogen-bond donors (Lipinski definition) is 1. The maximum atomic E-state index is 13.4. The van der Waals surface area contributed by atoms with Gasteiger partial charge in [-0.2, -0.15) is 0 Å². The lowest BCUT2D eigenvalue weighted by Gasteiger charge is -2.18. The van der Waals surface area contributed by atoms with E-state index in [1.54, 1.807) is 6.92 Å². The zero-order valence-corrected chi connectivity index (χ0v) is 9.37. The lowest BCUT2D eigenvalue weighted by Crippen LogP contribution is -2.28. The molecule has 0 radical (unpaired) electrons. The van der Waals surface area contributed by atoms with Crippen molar-refractivity contribution in [1.29, 1.82) is 0 Å². The van der Waals surface area contributed by atoms with E-state index in [2.05, 4.69) is 5.32 Å². The Bertz CT molecular complexity index is 450. The van der Waals surface area contributed by atoms with Gasteiger partial charge < -0.3 is 10.1 Å². The van der Waals surface area contributed by atoms with Crippen molar-refractivity contribution < 1.29 is 26.7 Å². The fraction of sp³-hybridized carbons (Fsp3) is 0.455. The van der Waals surface area contributed by atoms with Crippen molar-refractivity contribution in [3.63, 3.8) is 0 Å². The van der Waals surface area contributed by atoms with E-state index in [9.17, 15) is 22.0 Å². The van der Waals surface area contributed by atoms with Crippen LogP contribution in [-0.4, -0.2) is 18.8 Å². The molecule has 1 fully saturated rings. The SMILES string of the molecule is CC1OCCC1Nc1c(F)c(F)c(F)c(F)c1F. The normalized spacial score (nSPS) is 23.4. The molecule has 2 nitrogen and oxygen atoms in total. The molecular formula is C11H10F5NO. The average molecular weight is 267 g/mol. The molecule has 2 rings (SSSR count). The predicted octanol–water partition coefficient (Wildman–Crippen LogP) is 2.97. The standard InChI is InChI=1S/C11H10F5NO/c1-4-5(2-3-18-4)17-11-9(15)7(13)6(12)8(14)10(11)16/h4-5,17H,2-3H2,1H3. The van der Waals surface area contributed by atoms with E-state index in [4.69, 9.17) is 4.74 Å². The summed E-state index contributed by atoms with van der Waals surface area (Å²) >= 11 is 0. The van der Waals surface area contributed by atoms with Crippen LogP contribution in [0.5, 0.6) is 0 Å². The first-order chi connectivity index (χ1) is 8.43. The summed E-state index contributed by atoms with van der Waals surface area (Å²) in [4.78, 5) is 0. The van der Waals surface area contributed by atoms with E-state index in [1.807, 2.05) is 0 Å². The molecule has 1 aromatic carbocycles. The van der Waals surface area contributed by atoms with Crippen LogP contribution < -0.4 is 5.32 Å². The van der Waals surface area contributed by atoms with Crippen LogP contribution in [0.2, 0.25) is 0 Å². The van der Waals surface area contributed by atoms with Crippen molar-refractivity contribution in [1.82, 2.24) is 0 Å². The first kappa shape index (κ1) is 13.1. The smallest absolute Gasteiger partial charge is 0.200 e. The molecular weight excluding hydrogens is 257 g/mol. The monoisotopic (exact) mass is 267 g/mol. The second-order valence-corrected chi connectivity index (χ2v) is 4.06. The fourth-order valence-electron chi connectivity index (χ4n) is 1.84. The Kier molecular flexibility index (Phi) is 3.43. The van der Waals surface area contributed by atoms with Crippen LogP contribution in [0.3, 0.4) is 0 Å². The van der Waals surface area contributed by atoms with Crippen molar-refractivity contribution in [2.24, 2.45) is 0 Å². The number of benzene rings is 1. The molecule has 1 aromatic rings. The van der Waals surface area contributed by atoms with Gasteiger partial charge in [-0.3, -0.25) is 0 Å². The summed E-state index contributed by atoms with van der Waals surface area (Å²) in [5.41, 5.74) is -1.01. The number of rotatable bonds is 2. The third kappa shape index (κ3) is 2.03. The van der Waals surface area contributed by atoms with Crippen molar-refractivity contribution in [3.8, 4) is 0 Å². The summed E-state index contributed by atoms with van der Waals surface area (Å²) in [6.45, 7) is 2.02. The van der Waals surface area contributed by atoms with E-state index in [1.165, 1.54) is 0 Å². The molecule has 1 aliphatic heterocycles. The molecule has 0 aliphatic carbocycles. The first-order valence-corrected chi connectivity index (χ1v) is 5.33. The summed E-state index contributed by atoms with van der Waals surface area (Å²) in [6, 6.07) is -0.488. The van der Waals surface area contributed by atoms with Crippen LogP contribution in [-0.2, 0) is 4.74 Å². The van der Waals surface area contributed by atoms with Crippen LogP contribution in [0.4, 0.5) is 27.6 Å². The Balaban J connectivity index is 2.38. The molecule has 100 valence electrons. The molecule has 0 spiro atoms. The van der Waals surface area contributed by atoms with Gasteiger partial charge in [-0.05, 0) is 13.3 Å². The Morgan fingerprint density at radius 2 is 1.44 bits per heavy atom. The topological polar surface area (TPSA) is 21.3 Å². The summed E-state index contributed by atoms with van der Waals surface area (Å²) in [7, 11) is 0. The maximum absolute atomic E-state index is 13.4. The molecule has 18 heavy (non-hydrogen) atoms. The third-order valence-electron chi connectivity index (χ3n) is 2.92. The van der Waals surface area contributed by atoms with Gasteiger partial charge in [0.05, 0.1) is 12.1 Å². The molecule has 2 unspecified atom stereocenters. The molecule has 0 saturated carbocycles. The molecule has 0 amide bonds. The molecule has 1 N–H and O–H groups in total. The van der Waals surface area contributed by atoms with Gasteiger partial charge >= 0.3 is 0 Å². The van der Waals surface area contributed by atoms with E-state index < -0.39 is 40.8 Å². The number of halogens is 5. The van der Waals surface area contributed by atoms with Crippen LogP contribution >= 0.6 is 0 Å². The second-order valence-electron chi connectivity index (χ2n) is 4.06. The molecule has 2 atom stereocenters. The van der Waals surface area contributed by atoms with Gasteiger partial charge in [0.15, 0.2) is 23.3 Å². The highest BCUT2D eigenvalue weighted by Crippen LogP contribution is 2.29. The molecule has 1 saturated heterocycles. The first-order valence-electron chi connectivity index (χ1n) is 5.33. The van der Waals surface area contributed by atoms with Crippen LogP contribution in [0, 0.1) is 29.1 Å². The molecule has 7 heteroatoms. The quantitative estimate of drug-likeness (QED) is 0.505. The van der Waals surface area contributed by atoms with Crippen LogP contribution in [0.1, 0.15) is 13.3 Å². The highest BCUT2D eigenvalue weighted by molar-refractivity contribution is 5.48. The van der Waals surface area contributed by atoms with E-state index in [-0.39, 0.29) is 6.10 Å². The largest absolute Gasteiger partial charge is 0.376 e. The van der Waals surface area contributed by atoms with E-state index in [0.717, 1.165) is 0 Å². The second kappa shape index (κ2) is 4.72. The van der Waals surface area contributed by atoms with Crippen molar-refractivity contribution in [3.05, 3.63) is 29.1 Å². The van der Waals surface area contributed by atoms with Crippen molar-refractivity contribution >= 4 is 5.69 Å². The van der Waals surface area contributed by atoms with Gasteiger partial charge in [0.1, 0.15) is 5.69 Å². The lowest BCUT2D eigenvalue weighted by molar-refractivity contribution is 0.121. The molecule has 1 heterocycles.